The molecule has 1 rings (SSSR count). The Balaban J connectivity index is 2.55. The van der Waals surface area contributed by atoms with E-state index in [1.54, 1.807) is 11.8 Å². The second-order valence-corrected chi connectivity index (χ2v) is 5.79. The van der Waals surface area contributed by atoms with Crippen LogP contribution in [-0.4, -0.2) is 24.0 Å². The third-order valence-corrected chi connectivity index (χ3v) is 3.97. The van der Waals surface area contributed by atoms with Gasteiger partial charge < -0.3 is 11.1 Å². The summed E-state index contributed by atoms with van der Waals surface area (Å²) < 4.78 is 0. The van der Waals surface area contributed by atoms with Crippen molar-refractivity contribution in [3.8, 4) is 0 Å². The smallest absolute Gasteiger partial charge is 0.241 e. The van der Waals surface area contributed by atoms with Crippen LogP contribution in [0.15, 0.2) is 24.3 Å². The van der Waals surface area contributed by atoms with Gasteiger partial charge in [0.2, 0.25) is 5.91 Å². The lowest BCUT2D eigenvalue weighted by Crippen LogP contribution is -2.36. The van der Waals surface area contributed by atoms with Gasteiger partial charge in [-0.1, -0.05) is 26.0 Å². The number of carbonyl (C=O) groups is 1. The van der Waals surface area contributed by atoms with Crippen molar-refractivity contribution in [2.24, 2.45) is 5.73 Å². The van der Waals surface area contributed by atoms with Gasteiger partial charge in [-0.25, -0.2) is 0 Å². The molecular formula is C15H24N2OS. The Hall–Kier alpha value is -1.00. The number of nitrogens with two attached hydrogens (primary N) is 1. The number of carbonyl (C=O) groups excluding carboxylic acids is 1. The van der Waals surface area contributed by atoms with E-state index in [9.17, 15) is 4.79 Å². The highest BCUT2D eigenvalue weighted by molar-refractivity contribution is 7.98. The summed E-state index contributed by atoms with van der Waals surface area (Å²) in [5, 5.41) is 2.86. The molecule has 1 aromatic rings. The summed E-state index contributed by atoms with van der Waals surface area (Å²) in [5.41, 5.74) is 7.94. The van der Waals surface area contributed by atoms with Crippen LogP contribution in [0.2, 0.25) is 0 Å². The van der Waals surface area contributed by atoms with Gasteiger partial charge in [0.15, 0.2) is 0 Å². The van der Waals surface area contributed by atoms with E-state index in [2.05, 4.69) is 31.3 Å². The summed E-state index contributed by atoms with van der Waals surface area (Å²) in [7, 11) is 0. The quantitative estimate of drug-likeness (QED) is 0.806. The van der Waals surface area contributed by atoms with Crippen LogP contribution < -0.4 is 11.1 Å². The molecule has 4 heteroatoms. The molecule has 106 valence electrons. The summed E-state index contributed by atoms with van der Waals surface area (Å²) in [4.78, 5) is 11.8. The van der Waals surface area contributed by atoms with Crippen molar-refractivity contribution >= 4 is 23.4 Å². The molecule has 0 saturated carbocycles. The maximum absolute atomic E-state index is 11.8. The first kappa shape index (κ1) is 16.1. The standard InChI is InChI=1S/C15H24N2OS/c1-4-11(2)12-5-7-13(8-6-12)17-15(18)14(16)9-10-19-3/h5-8,11,14H,4,9-10,16H2,1-3H3,(H,17,18)/t11?,14-/m0/s1. The molecule has 3 N–H and O–H groups in total. The van der Waals surface area contributed by atoms with Crippen molar-refractivity contribution in [3.63, 3.8) is 0 Å². The van der Waals surface area contributed by atoms with E-state index in [4.69, 9.17) is 5.73 Å². The van der Waals surface area contributed by atoms with Gasteiger partial charge in [0.05, 0.1) is 6.04 Å². The van der Waals surface area contributed by atoms with Crippen molar-refractivity contribution in [3.05, 3.63) is 29.8 Å². The highest BCUT2D eigenvalue weighted by Crippen LogP contribution is 2.20. The molecule has 1 amide bonds. The number of benzene rings is 1. The van der Waals surface area contributed by atoms with Gasteiger partial charge in [0, 0.05) is 5.69 Å². The Bertz CT molecular complexity index is 392. The van der Waals surface area contributed by atoms with E-state index in [0.29, 0.717) is 12.3 Å². The Morgan fingerprint density at radius 3 is 2.53 bits per heavy atom. The predicted octanol–water partition coefficient (Wildman–Crippen LogP) is 3.22. The first-order valence-electron chi connectivity index (χ1n) is 6.73. The zero-order valence-corrected chi connectivity index (χ0v) is 12.8. The molecule has 0 bridgehead atoms. The summed E-state index contributed by atoms with van der Waals surface area (Å²) in [5.74, 6) is 1.35. The van der Waals surface area contributed by atoms with Crippen LogP contribution in [0, 0.1) is 0 Å². The molecule has 0 fully saturated rings. The number of amides is 1. The molecule has 3 nitrogen and oxygen atoms in total. The van der Waals surface area contributed by atoms with E-state index in [1.165, 1.54) is 5.56 Å². The third kappa shape index (κ3) is 5.25. The average molecular weight is 280 g/mol. The molecule has 0 spiro atoms. The van der Waals surface area contributed by atoms with Gasteiger partial charge in [-0.05, 0) is 48.5 Å². The lowest BCUT2D eigenvalue weighted by Gasteiger charge is -2.13. The van der Waals surface area contributed by atoms with Crippen LogP contribution in [-0.2, 0) is 4.79 Å². The van der Waals surface area contributed by atoms with Crippen molar-refractivity contribution < 1.29 is 4.79 Å². The second kappa shape index (κ2) is 8.23. The minimum Gasteiger partial charge on any atom is -0.325 e. The van der Waals surface area contributed by atoms with Crippen molar-refractivity contribution in [2.75, 3.05) is 17.3 Å². The fraction of sp³-hybridized carbons (Fsp3) is 0.533. The van der Waals surface area contributed by atoms with Crippen molar-refractivity contribution in [2.45, 2.75) is 38.6 Å². The zero-order chi connectivity index (χ0) is 14.3. The first-order valence-corrected chi connectivity index (χ1v) is 8.13. The SMILES string of the molecule is CCC(C)c1ccc(NC(=O)[C@@H](N)CCSC)cc1. The Kier molecular flexibility index (Phi) is 6.95. The van der Waals surface area contributed by atoms with Crippen molar-refractivity contribution in [1.29, 1.82) is 0 Å². The molecule has 19 heavy (non-hydrogen) atoms. The van der Waals surface area contributed by atoms with Crippen LogP contribution in [0.4, 0.5) is 5.69 Å². The number of thioether (sulfide) groups is 1. The lowest BCUT2D eigenvalue weighted by atomic mass is 9.98. The monoisotopic (exact) mass is 280 g/mol. The average Bonchev–Trinajstić information content (AvgIpc) is 2.44. The Labute approximate surface area is 120 Å². The Morgan fingerprint density at radius 1 is 1.37 bits per heavy atom. The van der Waals surface area contributed by atoms with E-state index in [-0.39, 0.29) is 5.91 Å². The maximum atomic E-state index is 11.8. The molecule has 2 atom stereocenters. The first-order chi connectivity index (χ1) is 9.08. The summed E-state index contributed by atoms with van der Waals surface area (Å²) in [6, 6.07) is 7.59. The minimum atomic E-state index is -0.429. The van der Waals surface area contributed by atoms with Gasteiger partial charge in [-0.2, -0.15) is 11.8 Å². The van der Waals surface area contributed by atoms with Gasteiger partial charge in [-0.3, -0.25) is 4.79 Å². The Morgan fingerprint density at radius 2 is 2.00 bits per heavy atom. The van der Waals surface area contributed by atoms with Crippen LogP contribution in [0.5, 0.6) is 0 Å². The molecule has 0 aliphatic carbocycles. The normalized spacial score (nSPS) is 13.9. The summed E-state index contributed by atoms with van der Waals surface area (Å²) >= 11 is 1.70. The topological polar surface area (TPSA) is 55.1 Å². The number of rotatable bonds is 7. The number of nitrogens with one attached hydrogen (secondary N) is 1. The zero-order valence-electron chi connectivity index (χ0n) is 12.0. The molecule has 1 aromatic carbocycles. The van der Waals surface area contributed by atoms with Gasteiger partial charge in [0.1, 0.15) is 0 Å². The van der Waals surface area contributed by atoms with Crippen LogP contribution in [0.1, 0.15) is 38.2 Å². The van der Waals surface area contributed by atoms with Gasteiger partial charge in [0.25, 0.3) is 0 Å². The van der Waals surface area contributed by atoms with E-state index >= 15 is 0 Å². The number of hydrogen-bond acceptors (Lipinski definition) is 3. The van der Waals surface area contributed by atoms with Crippen LogP contribution >= 0.6 is 11.8 Å². The summed E-state index contributed by atoms with van der Waals surface area (Å²) in [6.45, 7) is 4.37. The van der Waals surface area contributed by atoms with E-state index in [1.807, 2.05) is 18.4 Å². The number of anilines is 1. The highest BCUT2D eigenvalue weighted by atomic mass is 32.2. The maximum Gasteiger partial charge on any atom is 0.241 e. The van der Waals surface area contributed by atoms with Gasteiger partial charge in [-0.15, -0.1) is 0 Å². The van der Waals surface area contributed by atoms with Gasteiger partial charge >= 0.3 is 0 Å². The largest absolute Gasteiger partial charge is 0.325 e. The molecule has 0 aliphatic rings. The minimum absolute atomic E-state index is 0.106. The molecule has 0 aromatic heterocycles. The van der Waals surface area contributed by atoms with E-state index in [0.717, 1.165) is 17.9 Å². The molecule has 0 aliphatic heterocycles. The molecule has 1 unspecified atom stereocenters. The fourth-order valence-corrected chi connectivity index (χ4v) is 2.23. The predicted molar refractivity (Wildman–Crippen MR) is 84.8 cm³/mol. The van der Waals surface area contributed by atoms with E-state index < -0.39 is 6.04 Å². The van der Waals surface area contributed by atoms with Crippen LogP contribution in [0.3, 0.4) is 0 Å². The van der Waals surface area contributed by atoms with Crippen molar-refractivity contribution in [1.82, 2.24) is 0 Å². The molecule has 0 heterocycles. The molecule has 0 radical (unpaired) electrons. The highest BCUT2D eigenvalue weighted by Gasteiger charge is 2.13. The van der Waals surface area contributed by atoms with Crippen LogP contribution in [0.25, 0.3) is 0 Å². The number of hydrogen-bond donors (Lipinski definition) is 2. The summed E-state index contributed by atoms with van der Waals surface area (Å²) in [6.07, 6.45) is 3.83. The second-order valence-electron chi connectivity index (χ2n) is 4.81. The third-order valence-electron chi connectivity index (χ3n) is 3.33. The fourth-order valence-electron chi connectivity index (χ4n) is 1.74. The lowest BCUT2D eigenvalue weighted by molar-refractivity contribution is -0.117. The molecular weight excluding hydrogens is 256 g/mol. The molecule has 0 saturated heterocycles.